The SMILES string of the molecule is COC1CCn2c1nc1ccccc1c2=O. The van der Waals surface area contributed by atoms with Gasteiger partial charge in [-0.05, 0) is 18.6 Å². The molecule has 2 heterocycles. The normalized spacial score (nSPS) is 18.9. The number of para-hydroxylation sites is 1. The van der Waals surface area contributed by atoms with Gasteiger partial charge in [0.15, 0.2) is 0 Å². The van der Waals surface area contributed by atoms with Crippen molar-refractivity contribution in [2.24, 2.45) is 0 Å². The van der Waals surface area contributed by atoms with Crippen LogP contribution >= 0.6 is 0 Å². The maximum Gasteiger partial charge on any atom is 0.261 e. The minimum atomic E-state index is -0.0442. The predicted molar refractivity (Wildman–Crippen MR) is 60.4 cm³/mol. The number of hydrogen-bond donors (Lipinski definition) is 0. The molecule has 0 amide bonds. The molecule has 1 aliphatic heterocycles. The van der Waals surface area contributed by atoms with E-state index in [0.717, 1.165) is 17.8 Å². The molecule has 0 bridgehead atoms. The molecule has 3 rings (SSSR count). The molecular weight excluding hydrogens is 204 g/mol. The van der Waals surface area contributed by atoms with E-state index in [4.69, 9.17) is 4.74 Å². The minimum absolute atomic E-state index is 0.0418. The zero-order valence-electron chi connectivity index (χ0n) is 9.01. The van der Waals surface area contributed by atoms with E-state index in [1.807, 2.05) is 24.3 Å². The minimum Gasteiger partial charge on any atom is -0.373 e. The molecule has 1 atom stereocenters. The van der Waals surface area contributed by atoms with Crippen LogP contribution in [0.15, 0.2) is 29.1 Å². The van der Waals surface area contributed by atoms with Gasteiger partial charge >= 0.3 is 0 Å². The molecule has 0 fully saturated rings. The largest absolute Gasteiger partial charge is 0.373 e. The first-order chi connectivity index (χ1) is 7.81. The molecule has 1 aromatic heterocycles. The van der Waals surface area contributed by atoms with Gasteiger partial charge in [-0.1, -0.05) is 12.1 Å². The lowest BCUT2D eigenvalue weighted by Crippen LogP contribution is -2.21. The number of methoxy groups -OCH3 is 1. The summed E-state index contributed by atoms with van der Waals surface area (Å²) in [5.74, 6) is 0.756. The number of hydrogen-bond acceptors (Lipinski definition) is 3. The van der Waals surface area contributed by atoms with Gasteiger partial charge in [-0.15, -0.1) is 0 Å². The van der Waals surface area contributed by atoms with E-state index in [2.05, 4.69) is 4.98 Å². The second-order valence-corrected chi connectivity index (χ2v) is 3.96. The Morgan fingerprint density at radius 1 is 1.44 bits per heavy atom. The molecule has 16 heavy (non-hydrogen) atoms. The molecule has 2 aromatic rings. The third kappa shape index (κ3) is 1.20. The Kier molecular flexibility index (Phi) is 2.04. The van der Waals surface area contributed by atoms with E-state index in [1.165, 1.54) is 0 Å². The molecule has 1 aliphatic rings. The standard InChI is InChI=1S/C12H12N2O2/c1-16-10-6-7-14-11(10)13-9-5-3-2-4-8(9)12(14)15/h2-5,10H,6-7H2,1H3. The van der Waals surface area contributed by atoms with Crippen LogP contribution in [0.2, 0.25) is 0 Å². The summed E-state index contributed by atoms with van der Waals surface area (Å²) in [4.78, 5) is 16.7. The number of ether oxygens (including phenoxy) is 1. The Morgan fingerprint density at radius 2 is 2.25 bits per heavy atom. The van der Waals surface area contributed by atoms with Gasteiger partial charge in [-0.25, -0.2) is 4.98 Å². The van der Waals surface area contributed by atoms with Crippen molar-refractivity contribution in [3.63, 3.8) is 0 Å². The molecule has 0 N–H and O–H groups in total. The fourth-order valence-corrected chi connectivity index (χ4v) is 2.25. The van der Waals surface area contributed by atoms with Gasteiger partial charge < -0.3 is 4.74 Å². The van der Waals surface area contributed by atoms with Crippen LogP contribution in [0.5, 0.6) is 0 Å². The maximum atomic E-state index is 12.1. The molecule has 0 spiro atoms. The summed E-state index contributed by atoms with van der Waals surface area (Å²) >= 11 is 0. The Balaban J connectivity index is 2.36. The number of nitrogens with zero attached hydrogens (tertiary/aromatic N) is 2. The highest BCUT2D eigenvalue weighted by atomic mass is 16.5. The second kappa shape index (κ2) is 3.42. The Hall–Kier alpha value is -1.68. The van der Waals surface area contributed by atoms with Crippen LogP contribution in [-0.2, 0) is 11.3 Å². The number of aromatic nitrogens is 2. The molecule has 82 valence electrons. The van der Waals surface area contributed by atoms with Gasteiger partial charge in [-0.3, -0.25) is 9.36 Å². The average Bonchev–Trinajstić information content (AvgIpc) is 2.72. The van der Waals surface area contributed by atoms with Crippen molar-refractivity contribution in [3.8, 4) is 0 Å². The summed E-state index contributed by atoms with van der Waals surface area (Å²) in [6, 6.07) is 7.43. The Labute approximate surface area is 92.5 Å². The van der Waals surface area contributed by atoms with Crippen molar-refractivity contribution in [2.45, 2.75) is 19.1 Å². The number of benzene rings is 1. The van der Waals surface area contributed by atoms with Gasteiger partial charge in [0.1, 0.15) is 11.9 Å². The van der Waals surface area contributed by atoms with Crippen LogP contribution in [0, 0.1) is 0 Å². The van der Waals surface area contributed by atoms with E-state index in [0.29, 0.717) is 11.9 Å². The van der Waals surface area contributed by atoms with Crippen molar-refractivity contribution >= 4 is 10.9 Å². The van der Waals surface area contributed by atoms with Crippen LogP contribution in [-0.4, -0.2) is 16.7 Å². The lowest BCUT2D eigenvalue weighted by atomic mass is 10.2. The Morgan fingerprint density at radius 3 is 3.06 bits per heavy atom. The van der Waals surface area contributed by atoms with Crippen molar-refractivity contribution in [1.29, 1.82) is 0 Å². The molecule has 0 aliphatic carbocycles. The summed E-state index contributed by atoms with van der Waals surface area (Å²) in [5.41, 5.74) is 0.794. The van der Waals surface area contributed by atoms with Gasteiger partial charge in [0, 0.05) is 13.7 Å². The molecule has 4 heteroatoms. The van der Waals surface area contributed by atoms with Crippen LogP contribution in [0.1, 0.15) is 18.3 Å². The Bertz CT molecular complexity index is 603. The van der Waals surface area contributed by atoms with E-state index < -0.39 is 0 Å². The summed E-state index contributed by atoms with van der Waals surface area (Å²) in [6.07, 6.45) is 0.784. The maximum absolute atomic E-state index is 12.1. The van der Waals surface area contributed by atoms with Crippen molar-refractivity contribution < 1.29 is 4.74 Å². The number of fused-ring (bicyclic) bond motifs is 2. The summed E-state index contributed by atoms with van der Waals surface area (Å²) in [5, 5.41) is 0.683. The average molecular weight is 216 g/mol. The molecular formula is C12H12N2O2. The fourth-order valence-electron chi connectivity index (χ4n) is 2.25. The van der Waals surface area contributed by atoms with Gasteiger partial charge in [-0.2, -0.15) is 0 Å². The van der Waals surface area contributed by atoms with Crippen LogP contribution in [0.3, 0.4) is 0 Å². The van der Waals surface area contributed by atoms with Crippen molar-refractivity contribution in [2.75, 3.05) is 7.11 Å². The molecule has 1 unspecified atom stereocenters. The second-order valence-electron chi connectivity index (χ2n) is 3.96. The first kappa shape index (κ1) is 9.54. The van der Waals surface area contributed by atoms with E-state index in [-0.39, 0.29) is 11.7 Å². The monoisotopic (exact) mass is 216 g/mol. The van der Waals surface area contributed by atoms with Crippen molar-refractivity contribution in [1.82, 2.24) is 9.55 Å². The smallest absolute Gasteiger partial charge is 0.261 e. The molecule has 0 saturated heterocycles. The van der Waals surface area contributed by atoms with E-state index >= 15 is 0 Å². The predicted octanol–water partition coefficient (Wildman–Crippen LogP) is 1.49. The van der Waals surface area contributed by atoms with Gasteiger partial charge in [0.2, 0.25) is 0 Å². The summed E-state index contributed by atoms with van der Waals surface area (Å²) in [6.45, 7) is 0.699. The lowest BCUT2D eigenvalue weighted by Gasteiger charge is -2.08. The zero-order chi connectivity index (χ0) is 11.1. The first-order valence-corrected chi connectivity index (χ1v) is 5.33. The van der Waals surface area contributed by atoms with E-state index in [1.54, 1.807) is 11.7 Å². The van der Waals surface area contributed by atoms with Crippen LogP contribution < -0.4 is 5.56 Å². The molecule has 1 aromatic carbocycles. The van der Waals surface area contributed by atoms with Crippen molar-refractivity contribution in [3.05, 3.63) is 40.4 Å². The molecule has 4 nitrogen and oxygen atoms in total. The highest BCUT2D eigenvalue weighted by Gasteiger charge is 2.25. The summed E-state index contributed by atoms with van der Waals surface area (Å²) < 4.78 is 7.04. The molecule has 0 radical (unpaired) electrons. The first-order valence-electron chi connectivity index (χ1n) is 5.33. The van der Waals surface area contributed by atoms with Crippen LogP contribution in [0.25, 0.3) is 10.9 Å². The quantitative estimate of drug-likeness (QED) is 0.725. The highest BCUT2D eigenvalue weighted by Crippen LogP contribution is 2.26. The third-order valence-electron chi connectivity index (χ3n) is 3.08. The van der Waals surface area contributed by atoms with Gasteiger partial charge in [0.25, 0.3) is 5.56 Å². The van der Waals surface area contributed by atoms with Crippen LogP contribution in [0.4, 0.5) is 0 Å². The molecule has 0 saturated carbocycles. The zero-order valence-corrected chi connectivity index (χ0v) is 9.01. The lowest BCUT2D eigenvalue weighted by molar-refractivity contribution is 0.102. The third-order valence-corrected chi connectivity index (χ3v) is 3.08. The number of rotatable bonds is 1. The van der Waals surface area contributed by atoms with E-state index in [9.17, 15) is 4.79 Å². The van der Waals surface area contributed by atoms with Gasteiger partial charge in [0.05, 0.1) is 10.9 Å². The summed E-state index contributed by atoms with van der Waals surface area (Å²) in [7, 11) is 1.65. The fraction of sp³-hybridized carbons (Fsp3) is 0.333. The highest BCUT2D eigenvalue weighted by molar-refractivity contribution is 5.77. The topological polar surface area (TPSA) is 44.1 Å².